The molecular formula is C23H19Cl2FN4O3S. The molecule has 34 heavy (non-hydrogen) atoms. The predicted molar refractivity (Wildman–Crippen MR) is 128 cm³/mol. The van der Waals surface area contributed by atoms with Crippen LogP contribution in [0.5, 0.6) is 0 Å². The number of hydrogen-bond donors (Lipinski definition) is 2. The van der Waals surface area contributed by atoms with Crippen molar-refractivity contribution >= 4 is 52.3 Å². The number of nitrogens with one attached hydrogen (secondary N) is 2. The van der Waals surface area contributed by atoms with E-state index in [0.29, 0.717) is 36.5 Å². The lowest BCUT2D eigenvalue weighted by Crippen LogP contribution is -2.41. The Balaban J connectivity index is 1.32. The van der Waals surface area contributed by atoms with Crippen molar-refractivity contribution in [2.75, 3.05) is 13.1 Å². The normalized spacial score (nSPS) is 14.0. The highest BCUT2D eigenvalue weighted by Gasteiger charge is 2.29. The Morgan fingerprint density at radius 3 is 2.44 bits per heavy atom. The van der Waals surface area contributed by atoms with Crippen molar-refractivity contribution in [3.8, 4) is 0 Å². The number of hydrogen-bond acceptors (Lipinski definition) is 5. The monoisotopic (exact) mass is 520 g/mol. The van der Waals surface area contributed by atoms with E-state index >= 15 is 0 Å². The largest absolute Gasteiger partial charge is 0.338 e. The SMILES string of the molecule is O=C(NNC(=O)c1csc(C2CCN(C(=O)c3c(F)cccc3Cl)CC2)n1)c1cccc(Cl)c1. The quantitative estimate of drug-likeness (QED) is 0.488. The highest BCUT2D eigenvalue weighted by molar-refractivity contribution is 7.09. The summed E-state index contributed by atoms with van der Waals surface area (Å²) in [6.07, 6.45) is 1.25. The van der Waals surface area contributed by atoms with E-state index in [4.69, 9.17) is 23.2 Å². The maximum absolute atomic E-state index is 14.1. The molecule has 1 aliphatic rings. The lowest BCUT2D eigenvalue weighted by atomic mass is 9.97. The molecule has 1 saturated heterocycles. The smallest absolute Gasteiger partial charge is 0.289 e. The Kier molecular flexibility index (Phi) is 7.45. The van der Waals surface area contributed by atoms with Crippen LogP contribution < -0.4 is 10.9 Å². The van der Waals surface area contributed by atoms with E-state index in [1.807, 2.05) is 0 Å². The number of carbonyl (C=O) groups is 3. The van der Waals surface area contributed by atoms with Crippen LogP contribution in [0.15, 0.2) is 47.8 Å². The second-order valence-electron chi connectivity index (χ2n) is 7.65. The van der Waals surface area contributed by atoms with Gasteiger partial charge in [-0.2, -0.15) is 0 Å². The summed E-state index contributed by atoms with van der Waals surface area (Å²) in [6, 6.07) is 10.5. The van der Waals surface area contributed by atoms with Crippen LogP contribution in [0.1, 0.15) is 55.0 Å². The van der Waals surface area contributed by atoms with Gasteiger partial charge < -0.3 is 4.90 Å². The van der Waals surface area contributed by atoms with Gasteiger partial charge in [0.1, 0.15) is 11.5 Å². The van der Waals surface area contributed by atoms with Gasteiger partial charge in [-0.25, -0.2) is 9.37 Å². The van der Waals surface area contributed by atoms with Crippen LogP contribution in [-0.2, 0) is 0 Å². The third-order valence-electron chi connectivity index (χ3n) is 5.44. The predicted octanol–water partition coefficient (Wildman–Crippen LogP) is 4.68. The third-order valence-corrected chi connectivity index (χ3v) is 7.00. The summed E-state index contributed by atoms with van der Waals surface area (Å²) in [5.41, 5.74) is 5.06. The van der Waals surface area contributed by atoms with Crippen LogP contribution in [0.4, 0.5) is 4.39 Å². The highest BCUT2D eigenvalue weighted by atomic mass is 35.5. The van der Waals surface area contributed by atoms with Gasteiger partial charge in [0.25, 0.3) is 17.7 Å². The molecule has 0 unspecified atom stereocenters. The fourth-order valence-corrected chi connectivity index (χ4v) is 5.05. The molecule has 2 N–H and O–H groups in total. The first-order chi connectivity index (χ1) is 16.3. The average Bonchev–Trinajstić information content (AvgIpc) is 3.33. The maximum Gasteiger partial charge on any atom is 0.289 e. The van der Waals surface area contributed by atoms with Crippen molar-refractivity contribution in [2.45, 2.75) is 18.8 Å². The Labute approximate surface area is 208 Å². The number of likely N-dealkylation sites (tertiary alicyclic amines) is 1. The van der Waals surface area contributed by atoms with Gasteiger partial charge in [-0.15, -0.1) is 11.3 Å². The number of benzene rings is 2. The van der Waals surface area contributed by atoms with Gasteiger partial charge >= 0.3 is 0 Å². The molecule has 3 aromatic rings. The molecule has 0 bridgehead atoms. The zero-order valence-electron chi connectivity index (χ0n) is 17.7. The highest BCUT2D eigenvalue weighted by Crippen LogP contribution is 2.31. The third kappa shape index (κ3) is 5.38. The first kappa shape index (κ1) is 24.1. The van der Waals surface area contributed by atoms with Crippen molar-refractivity contribution in [3.05, 3.63) is 85.5 Å². The standard InChI is InChI=1S/C23H19Cl2FN4O3S/c24-15-4-1-3-14(11-15)20(31)28-29-21(32)18-12-34-22(27-18)13-7-9-30(10-8-13)23(33)19-16(25)5-2-6-17(19)26/h1-6,11-13H,7-10H2,(H,28,31)(H,29,32). The number of piperidine rings is 1. The van der Waals surface area contributed by atoms with Gasteiger partial charge in [-0.1, -0.05) is 35.3 Å². The molecule has 2 aromatic carbocycles. The van der Waals surface area contributed by atoms with Crippen LogP contribution in [0.3, 0.4) is 0 Å². The molecule has 0 saturated carbocycles. The average molecular weight is 521 g/mol. The molecule has 176 valence electrons. The van der Waals surface area contributed by atoms with Gasteiger partial charge in [-0.3, -0.25) is 25.2 Å². The van der Waals surface area contributed by atoms with Gasteiger partial charge in [-0.05, 0) is 43.2 Å². The van der Waals surface area contributed by atoms with E-state index in [0.717, 1.165) is 5.01 Å². The number of carbonyl (C=O) groups excluding carboxylic acids is 3. The van der Waals surface area contributed by atoms with Gasteiger partial charge in [0, 0.05) is 35.0 Å². The molecule has 0 radical (unpaired) electrons. The number of nitrogens with zero attached hydrogens (tertiary/aromatic N) is 2. The Morgan fingerprint density at radius 1 is 1.03 bits per heavy atom. The summed E-state index contributed by atoms with van der Waals surface area (Å²) in [5.74, 6) is -2.06. The summed E-state index contributed by atoms with van der Waals surface area (Å²) in [6.45, 7) is 0.843. The first-order valence-corrected chi connectivity index (χ1v) is 12.0. The van der Waals surface area contributed by atoms with E-state index in [-0.39, 0.29) is 22.2 Å². The summed E-state index contributed by atoms with van der Waals surface area (Å²) >= 11 is 13.2. The maximum atomic E-state index is 14.1. The number of amides is 3. The lowest BCUT2D eigenvalue weighted by molar-refractivity contribution is 0.0708. The van der Waals surface area contributed by atoms with Crippen LogP contribution in [0, 0.1) is 5.82 Å². The second kappa shape index (κ2) is 10.5. The molecular weight excluding hydrogens is 502 g/mol. The van der Waals surface area contributed by atoms with E-state index in [9.17, 15) is 18.8 Å². The van der Waals surface area contributed by atoms with Crippen LogP contribution in [-0.4, -0.2) is 40.7 Å². The van der Waals surface area contributed by atoms with E-state index < -0.39 is 23.5 Å². The number of thiazole rings is 1. The lowest BCUT2D eigenvalue weighted by Gasteiger charge is -2.31. The summed E-state index contributed by atoms with van der Waals surface area (Å²) < 4.78 is 14.1. The van der Waals surface area contributed by atoms with Crippen molar-refractivity contribution in [1.29, 1.82) is 0 Å². The molecule has 7 nitrogen and oxygen atoms in total. The van der Waals surface area contributed by atoms with Crippen molar-refractivity contribution in [1.82, 2.24) is 20.7 Å². The molecule has 0 atom stereocenters. The second-order valence-corrected chi connectivity index (χ2v) is 9.39. The van der Waals surface area contributed by atoms with Gasteiger partial charge in [0.05, 0.1) is 15.6 Å². The molecule has 2 heterocycles. The van der Waals surface area contributed by atoms with Crippen molar-refractivity contribution in [2.24, 2.45) is 0 Å². The molecule has 4 rings (SSSR count). The van der Waals surface area contributed by atoms with E-state index in [1.165, 1.54) is 35.6 Å². The molecule has 1 fully saturated rings. The minimum absolute atomic E-state index is 0.0627. The fraction of sp³-hybridized carbons (Fsp3) is 0.217. The first-order valence-electron chi connectivity index (χ1n) is 10.4. The number of aromatic nitrogens is 1. The molecule has 1 aromatic heterocycles. The minimum Gasteiger partial charge on any atom is -0.338 e. The van der Waals surface area contributed by atoms with Crippen LogP contribution >= 0.6 is 34.5 Å². The zero-order valence-corrected chi connectivity index (χ0v) is 20.0. The molecule has 0 spiro atoms. The van der Waals surface area contributed by atoms with Crippen molar-refractivity contribution in [3.63, 3.8) is 0 Å². The summed E-state index contributed by atoms with van der Waals surface area (Å²) in [7, 11) is 0. The summed E-state index contributed by atoms with van der Waals surface area (Å²) in [5, 5.41) is 2.88. The molecule has 1 aliphatic heterocycles. The zero-order chi connectivity index (χ0) is 24.2. The van der Waals surface area contributed by atoms with Crippen LogP contribution in [0.25, 0.3) is 0 Å². The summed E-state index contributed by atoms with van der Waals surface area (Å²) in [4.78, 5) is 43.2. The van der Waals surface area contributed by atoms with Crippen LogP contribution in [0.2, 0.25) is 10.0 Å². The van der Waals surface area contributed by atoms with E-state index in [2.05, 4.69) is 15.8 Å². The number of rotatable bonds is 4. The van der Waals surface area contributed by atoms with E-state index in [1.54, 1.807) is 28.5 Å². The fourth-order valence-electron chi connectivity index (χ4n) is 3.65. The van der Waals surface area contributed by atoms with Gasteiger partial charge in [0.15, 0.2) is 0 Å². The molecule has 0 aliphatic carbocycles. The van der Waals surface area contributed by atoms with Gasteiger partial charge in [0.2, 0.25) is 0 Å². The van der Waals surface area contributed by atoms with Crippen molar-refractivity contribution < 1.29 is 18.8 Å². The number of hydrazine groups is 1. The Hall–Kier alpha value is -3.01. The Morgan fingerprint density at radius 2 is 1.74 bits per heavy atom. The number of halogens is 3. The molecule has 3 amide bonds. The topological polar surface area (TPSA) is 91.4 Å². The Bertz CT molecular complexity index is 1220. The molecule has 11 heteroatoms. The minimum atomic E-state index is -0.641.